The van der Waals surface area contributed by atoms with E-state index in [4.69, 9.17) is 9.84 Å². The maximum absolute atomic E-state index is 9.13. The zero-order chi connectivity index (χ0) is 6.69. The van der Waals surface area contributed by atoms with Gasteiger partial charge < -0.3 is 9.84 Å². The highest BCUT2D eigenvalue weighted by atomic mass is 16.5. The van der Waals surface area contributed by atoms with Gasteiger partial charge in [0.1, 0.15) is 0 Å². The van der Waals surface area contributed by atoms with E-state index in [0.717, 1.165) is 25.9 Å². The summed E-state index contributed by atoms with van der Waals surface area (Å²) in [6, 6.07) is 0. The van der Waals surface area contributed by atoms with Gasteiger partial charge in [0.25, 0.3) is 0 Å². The van der Waals surface area contributed by atoms with Crippen molar-refractivity contribution in [1.29, 1.82) is 0 Å². The van der Waals surface area contributed by atoms with E-state index in [1.54, 1.807) is 0 Å². The van der Waals surface area contributed by atoms with Crippen molar-refractivity contribution < 1.29 is 9.84 Å². The summed E-state index contributed by atoms with van der Waals surface area (Å²) in [6.45, 7) is 2.82. The van der Waals surface area contributed by atoms with Gasteiger partial charge in [-0.25, -0.2) is 0 Å². The Morgan fingerprint density at radius 3 is 2.89 bits per heavy atom. The van der Waals surface area contributed by atoms with Crippen LogP contribution < -0.4 is 0 Å². The summed E-state index contributed by atoms with van der Waals surface area (Å²) in [4.78, 5) is 0. The molecule has 9 heavy (non-hydrogen) atoms. The summed E-state index contributed by atoms with van der Waals surface area (Å²) in [5.41, 5.74) is 0. The molecule has 1 aliphatic rings. The van der Waals surface area contributed by atoms with E-state index in [9.17, 15) is 0 Å². The third-order valence-corrected chi connectivity index (χ3v) is 1.79. The maximum atomic E-state index is 9.13. The molecule has 0 aliphatic carbocycles. The molecule has 1 aliphatic heterocycles. The van der Waals surface area contributed by atoms with Crippen molar-refractivity contribution in [2.75, 3.05) is 6.61 Å². The second kappa shape index (κ2) is 3.18. The predicted octanol–water partition coefficient (Wildman–Crippen LogP) is 0.936. The van der Waals surface area contributed by atoms with Crippen LogP contribution in [0.2, 0.25) is 0 Å². The van der Waals surface area contributed by atoms with E-state index in [-0.39, 0.29) is 6.10 Å². The molecule has 54 valence electrons. The first-order chi connectivity index (χ1) is 4.33. The third-order valence-electron chi connectivity index (χ3n) is 1.79. The van der Waals surface area contributed by atoms with Gasteiger partial charge in [-0.05, 0) is 19.3 Å². The molecule has 0 radical (unpaired) electrons. The first kappa shape index (κ1) is 7.03. The van der Waals surface area contributed by atoms with Gasteiger partial charge in [-0.15, -0.1) is 0 Å². The topological polar surface area (TPSA) is 29.5 Å². The van der Waals surface area contributed by atoms with Crippen molar-refractivity contribution in [3.8, 4) is 0 Å². The number of aliphatic hydroxyl groups is 1. The van der Waals surface area contributed by atoms with E-state index < -0.39 is 0 Å². The maximum Gasteiger partial charge on any atom is 0.0597 e. The fourth-order valence-corrected chi connectivity index (χ4v) is 1.14. The second-order valence-corrected chi connectivity index (χ2v) is 2.58. The largest absolute Gasteiger partial charge is 0.393 e. The number of rotatable bonds is 1. The lowest BCUT2D eigenvalue weighted by Gasteiger charge is -2.25. The molecule has 0 aromatic heterocycles. The summed E-state index contributed by atoms with van der Waals surface area (Å²) in [5.74, 6) is 0. The van der Waals surface area contributed by atoms with Gasteiger partial charge >= 0.3 is 0 Å². The standard InChI is InChI=1S/C7H14O2/c1-2-7-5-6(8)3-4-9-7/h6-8H,2-5H2,1H3. The van der Waals surface area contributed by atoms with Crippen LogP contribution in [0.15, 0.2) is 0 Å². The minimum absolute atomic E-state index is 0.108. The zero-order valence-corrected chi connectivity index (χ0v) is 5.84. The molecule has 1 fully saturated rings. The molecular weight excluding hydrogens is 116 g/mol. The lowest BCUT2D eigenvalue weighted by atomic mass is 10.0. The van der Waals surface area contributed by atoms with Gasteiger partial charge in [0, 0.05) is 6.61 Å². The van der Waals surface area contributed by atoms with E-state index in [2.05, 4.69) is 6.92 Å². The van der Waals surface area contributed by atoms with Crippen LogP contribution in [0.3, 0.4) is 0 Å². The van der Waals surface area contributed by atoms with Crippen LogP contribution in [0.1, 0.15) is 26.2 Å². The van der Waals surface area contributed by atoms with Crippen molar-refractivity contribution in [2.45, 2.75) is 38.4 Å². The van der Waals surface area contributed by atoms with Gasteiger partial charge in [-0.2, -0.15) is 0 Å². The molecule has 1 rings (SSSR count). The molecule has 0 aromatic rings. The summed E-state index contributed by atoms with van der Waals surface area (Å²) in [5, 5.41) is 9.13. The van der Waals surface area contributed by atoms with Crippen molar-refractivity contribution in [3.05, 3.63) is 0 Å². The average Bonchev–Trinajstić information content (AvgIpc) is 1.88. The Bertz CT molecular complexity index is 83.0. The molecule has 1 heterocycles. The lowest BCUT2D eigenvalue weighted by molar-refractivity contribution is -0.0441. The Morgan fingerprint density at radius 2 is 2.44 bits per heavy atom. The molecule has 0 saturated carbocycles. The molecule has 0 spiro atoms. The molecular formula is C7H14O2. The Morgan fingerprint density at radius 1 is 1.67 bits per heavy atom. The van der Waals surface area contributed by atoms with Crippen molar-refractivity contribution in [1.82, 2.24) is 0 Å². The van der Waals surface area contributed by atoms with Crippen LogP contribution in [0.4, 0.5) is 0 Å². The van der Waals surface area contributed by atoms with E-state index in [1.165, 1.54) is 0 Å². The smallest absolute Gasteiger partial charge is 0.0597 e. The molecule has 0 aromatic carbocycles. The van der Waals surface area contributed by atoms with Crippen LogP contribution in [0, 0.1) is 0 Å². The molecule has 2 atom stereocenters. The summed E-state index contributed by atoms with van der Waals surface area (Å²) in [6.07, 6.45) is 2.88. The van der Waals surface area contributed by atoms with Crippen LogP contribution in [-0.4, -0.2) is 23.9 Å². The number of aliphatic hydroxyl groups excluding tert-OH is 1. The van der Waals surface area contributed by atoms with Crippen LogP contribution in [0.25, 0.3) is 0 Å². The minimum atomic E-state index is -0.108. The van der Waals surface area contributed by atoms with E-state index in [0.29, 0.717) is 6.10 Å². The van der Waals surface area contributed by atoms with Crippen molar-refractivity contribution in [3.63, 3.8) is 0 Å². The van der Waals surface area contributed by atoms with Gasteiger partial charge in [-0.1, -0.05) is 6.92 Å². The van der Waals surface area contributed by atoms with Crippen LogP contribution in [-0.2, 0) is 4.74 Å². The van der Waals surface area contributed by atoms with E-state index >= 15 is 0 Å². The van der Waals surface area contributed by atoms with Gasteiger partial charge in [0.15, 0.2) is 0 Å². The van der Waals surface area contributed by atoms with Crippen molar-refractivity contribution >= 4 is 0 Å². The second-order valence-electron chi connectivity index (χ2n) is 2.58. The molecule has 2 unspecified atom stereocenters. The average molecular weight is 130 g/mol. The first-order valence-corrected chi connectivity index (χ1v) is 3.62. The number of ether oxygens (including phenoxy) is 1. The number of hydrogen-bond donors (Lipinski definition) is 1. The molecule has 1 N–H and O–H groups in total. The quantitative estimate of drug-likeness (QED) is 0.572. The molecule has 2 heteroatoms. The lowest BCUT2D eigenvalue weighted by Crippen LogP contribution is -2.28. The fourth-order valence-electron chi connectivity index (χ4n) is 1.14. The SMILES string of the molecule is CCC1CC(O)CCO1. The minimum Gasteiger partial charge on any atom is -0.393 e. The van der Waals surface area contributed by atoms with Crippen molar-refractivity contribution in [2.24, 2.45) is 0 Å². The monoisotopic (exact) mass is 130 g/mol. The van der Waals surface area contributed by atoms with Gasteiger partial charge in [0.2, 0.25) is 0 Å². The summed E-state index contributed by atoms with van der Waals surface area (Å²) >= 11 is 0. The summed E-state index contributed by atoms with van der Waals surface area (Å²) < 4.78 is 5.34. The Hall–Kier alpha value is -0.0800. The van der Waals surface area contributed by atoms with Gasteiger partial charge in [-0.3, -0.25) is 0 Å². The van der Waals surface area contributed by atoms with E-state index in [1.807, 2.05) is 0 Å². The molecule has 2 nitrogen and oxygen atoms in total. The Kier molecular flexibility index (Phi) is 2.49. The fraction of sp³-hybridized carbons (Fsp3) is 1.00. The summed E-state index contributed by atoms with van der Waals surface area (Å²) in [7, 11) is 0. The Labute approximate surface area is 55.8 Å². The highest BCUT2D eigenvalue weighted by Crippen LogP contribution is 2.15. The van der Waals surface area contributed by atoms with Crippen LogP contribution in [0.5, 0.6) is 0 Å². The predicted molar refractivity (Wildman–Crippen MR) is 35.3 cm³/mol. The normalized spacial score (nSPS) is 36.7. The van der Waals surface area contributed by atoms with Gasteiger partial charge in [0.05, 0.1) is 12.2 Å². The third kappa shape index (κ3) is 1.95. The highest BCUT2D eigenvalue weighted by molar-refractivity contribution is 4.68. The number of hydrogen-bond acceptors (Lipinski definition) is 2. The van der Waals surface area contributed by atoms with Crippen LogP contribution >= 0.6 is 0 Å². The molecule has 1 saturated heterocycles. The Balaban J connectivity index is 2.23. The first-order valence-electron chi connectivity index (χ1n) is 3.62. The molecule has 0 bridgehead atoms. The molecule has 0 amide bonds. The highest BCUT2D eigenvalue weighted by Gasteiger charge is 2.18. The zero-order valence-electron chi connectivity index (χ0n) is 5.84.